The van der Waals surface area contributed by atoms with E-state index >= 15 is 0 Å². The van der Waals surface area contributed by atoms with Gasteiger partial charge in [-0.1, -0.05) is 15.9 Å². The van der Waals surface area contributed by atoms with Crippen LogP contribution in [0.25, 0.3) is 5.69 Å². The number of rotatable bonds is 3. The number of nitrogens with zero attached hydrogens (tertiary/aromatic N) is 3. The van der Waals surface area contributed by atoms with E-state index in [0.29, 0.717) is 24.9 Å². The van der Waals surface area contributed by atoms with Crippen LogP contribution in [0.15, 0.2) is 41.1 Å². The standard InChI is InChI=1S/C17H18BrN3O3/c1-11-15(17(23)24)3-2-8-20(11)16(22)12-9-19-21(10-12)14-6-4-13(18)5-7-14/h4-7,9-11,15H,2-3,8H2,1H3,(H,23,24)/t11-,15-/m1/s1. The first-order valence-corrected chi connectivity index (χ1v) is 8.61. The minimum atomic E-state index is -0.842. The molecule has 1 aliphatic rings. The number of benzene rings is 1. The molecule has 6 nitrogen and oxygen atoms in total. The quantitative estimate of drug-likeness (QED) is 0.872. The summed E-state index contributed by atoms with van der Waals surface area (Å²) in [6.45, 7) is 2.38. The number of carboxylic acid groups (broad SMARTS) is 1. The van der Waals surface area contributed by atoms with Crippen molar-refractivity contribution < 1.29 is 14.7 Å². The van der Waals surface area contributed by atoms with Gasteiger partial charge in [0, 0.05) is 23.3 Å². The fraction of sp³-hybridized carbons (Fsp3) is 0.353. The highest BCUT2D eigenvalue weighted by atomic mass is 79.9. The predicted molar refractivity (Wildman–Crippen MR) is 92.1 cm³/mol. The largest absolute Gasteiger partial charge is 0.481 e. The Balaban J connectivity index is 1.80. The van der Waals surface area contributed by atoms with E-state index < -0.39 is 11.9 Å². The molecular weight excluding hydrogens is 374 g/mol. The molecule has 1 N–H and O–H groups in total. The van der Waals surface area contributed by atoms with E-state index in [1.54, 1.807) is 22.7 Å². The van der Waals surface area contributed by atoms with Gasteiger partial charge in [-0.2, -0.15) is 5.10 Å². The Morgan fingerprint density at radius 3 is 2.67 bits per heavy atom. The highest BCUT2D eigenvalue weighted by Gasteiger charge is 2.35. The lowest BCUT2D eigenvalue weighted by Crippen LogP contribution is -2.49. The molecule has 7 heteroatoms. The Bertz CT molecular complexity index is 757. The van der Waals surface area contributed by atoms with Crippen LogP contribution in [0.2, 0.25) is 0 Å². The SMILES string of the molecule is C[C@@H]1[C@H](C(=O)O)CCCN1C(=O)c1cnn(-c2ccc(Br)cc2)c1. The third-order valence-electron chi connectivity index (χ3n) is 4.49. The molecule has 0 aliphatic carbocycles. The molecule has 2 atom stereocenters. The number of aliphatic carboxylic acids is 1. The van der Waals surface area contributed by atoms with E-state index in [9.17, 15) is 14.7 Å². The van der Waals surface area contributed by atoms with E-state index in [-0.39, 0.29) is 11.9 Å². The molecule has 2 aromatic rings. The number of piperidine rings is 1. The fourth-order valence-electron chi connectivity index (χ4n) is 3.09. The molecule has 1 aromatic carbocycles. The topological polar surface area (TPSA) is 75.4 Å². The summed E-state index contributed by atoms with van der Waals surface area (Å²) in [5.41, 5.74) is 1.32. The molecule has 1 aliphatic heterocycles. The van der Waals surface area contributed by atoms with Crippen molar-refractivity contribution in [1.82, 2.24) is 14.7 Å². The van der Waals surface area contributed by atoms with Crippen molar-refractivity contribution in [2.75, 3.05) is 6.54 Å². The van der Waals surface area contributed by atoms with Gasteiger partial charge in [0.2, 0.25) is 0 Å². The van der Waals surface area contributed by atoms with Crippen LogP contribution in [0.1, 0.15) is 30.1 Å². The van der Waals surface area contributed by atoms with Gasteiger partial charge < -0.3 is 10.0 Å². The van der Waals surface area contributed by atoms with Crippen molar-refractivity contribution in [3.8, 4) is 5.69 Å². The number of hydrogen-bond donors (Lipinski definition) is 1. The summed E-state index contributed by atoms with van der Waals surface area (Å²) in [6.07, 6.45) is 4.52. The van der Waals surface area contributed by atoms with Crippen LogP contribution < -0.4 is 0 Å². The first-order chi connectivity index (χ1) is 11.5. The lowest BCUT2D eigenvalue weighted by Gasteiger charge is -2.37. The van der Waals surface area contributed by atoms with Crippen LogP contribution in [0, 0.1) is 5.92 Å². The van der Waals surface area contributed by atoms with Crippen LogP contribution in [0.3, 0.4) is 0 Å². The van der Waals surface area contributed by atoms with Gasteiger partial charge in [0.05, 0.1) is 23.4 Å². The Kier molecular flexibility index (Phi) is 4.71. The number of likely N-dealkylation sites (tertiary alicyclic amines) is 1. The van der Waals surface area contributed by atoms with Gasteiger partial charge in [0.1, 0.15) is 0 Å². The first-order valence-electron chi connectivity index (χ1n) is 7.82. The molecular formula is C17H18BrN3O3. The normalized spacial score (nSPS) is 20.8. The summed E-state index contributed by atoms with van der Waals surface area (Å²) in [5, 5.41) is 13.5. The maximum absolute atomic E-state index is 12.7. The van der Waals surface area contributed by atoms with E-state index in [1.807, 2.05) is 24.3 Å². The Labute approximate surface area is 148 Å². The molecule has 0 spiro atoms. The number of hydrogen-bond acceptors (Lipinski definition) is 3. The molecule has 0 unspecified atom stereocenters. The Hall–Kier alpha value is -2.15. The smallest absolute Gasteiger partial charge is 0.308 e. The lowest BCUT2D eigenvalue weighted by molar-refractivity contribution is -0.144. The first kappa shape index (κ1) is 16.7. The third kappa shape index (κ3) is 3.21. The maximum Gasteiger partial charge on any atom is 0.308 e. The molecule has 1 saturated heterocycles. The van der Waals surface area contributed by atoms with E-state index in [0.717, 1.165) is 10.2 Å². The molecule has 0 saturated carbocycles. The summed E-state index contributed by atoms with van der Waals surface area (Å²) < 4.78 is 2.61. The summed E-state index contributed by atoms with van der Waals surface area (Å²) in [6, 6.07) is 7.29. The Morgan fingerprint density at radius 1 is 1.29 bits per heavy atom. The van der Waals surface area contributed by atoms with Gasteiger partial charge >= 0.3 is 5.97 Å². The van der Waals surface area contributed by atoms with Crippen LogP contribution in [-0.2, 0) is 4.79 Å². The lowest BCUT2D eigenvalue weighted by atomic mass is 9.90. The van der Waals surface area contributed by atoms with E-state index in [2.05, 4.69) is 21.0 Å². The molecule has 3 rings (SSSR count). The molecule has 1 amide bonds. The van der Waals surface area contributed by atoms with Gasteiger partial charge in [-0.3, -0.25) is 9.59 Å². The molecule has 126 valence electrons. The van der Waals surface area contributed by atoms with Gasteiger partial charge in [-0.25, -0.2) is 4.68 Å². The zero-order valence-corrected chi connectivity index (χ0v) is 14.8. The van der Waals surface area contributed by atoms with Crippen molar-refractivity contribution in [3.05, 3.63) is 46.7 Å². The number of carbonyl (C=O) groups excluding carboxylic acids is 1. The number of carboxylic acids is 1. The van der Waals surface area contributed by atoms with Crippen molar-refractivity contribution in [1.29, 1.82) is 0 Å². The second-order valence-electron chi connectivity index (χ2n) is 5.98. The number of carbonyl (C=O) groups is 2. The molecule has 24 heavy (non-hydrogen) atoms. The minimum Gasteiger partial charge on any atom is -0.481 e. The van der Waals surface area contributed by atoms with Crippen molar-refractivity contribution in [2.45, 2.75) is 25.8 Å². The second-order valence-corrected chi connectivity index (χ2v) is 6.89. The van der Waals surface area contributed by atoms with Crippen LogP contribution in [0.4, 0.5) is 0 Å². The van der Waals surface area contributed by atoms with Crippen LogP contribution in [0.5, 0.6) is 0 Å². The molecule has 2 heterocycles. The molecule has 0 bridgehead atoms. The van der Waals surface area contributed by atoms with Gasteiger partial charge in [-0.05, 0) is 44.0 Å². The number of halogens is 1. The number of amides is 1. The summed E-state index contributed by atoms with van der Waals surface area (Å²) in [4.78, 5) is 25.7. The highest BCUT2D eigenvalue weighted by molar-refractivity contribution is 9.10. The second kappa shape index (κ2) is 6.76. The zero-order valence-electron chi connectivity index (χ0n) is 13.2. The van der Waals surface area contributed by atoms with Crippen molar-refractivity contribution in [3.63, 3.8) is 0 Å². The number of aromatic nitrogens is 2. The van der Waals surface area contributed by atoms with E-state index in [4.69, 9.17) is 0 Å². The fourth-order valence-corrected chi connectivity index (χ4v) is 3.36. The van der Waals surface area contributed by atoms with Crippen LogP contribution >= 0.6 is 15.9 Å². The summed E-state index contributed by atoms with van der Waals surface area (Å²) in [5.74, 6) is -1.52. The van der Waals surface area contributed by atoms with Gasteiger partial charge in [-0.15, -0.1) is 0 Å². The monoisotopic (exact) mass is 391 g/mol. The third-order valence-corrected chi connectivity index (χ3v) is 5.02. The average Bonchev–Trinajstić information content (AvgIpc) is 3.05. The summed E-state index contributed by atoms with van der Waals surface area (Å²) >= 11 is 3.38. The highest BCUT2D eigenvalue weighted by Crippen LogP contribution is 2.25. The molecule has 1 aromatic heterocycles. The molecule has 0 radical (unpaired) electrons. The maximum atomic E-state index is 12.7. The minimum absolute atomic E-state index is 0.170. The summed E-state index contributed by atoms with van der Waals surface area (Å²) in [7, 11) is 0. The Morgan fingerprint density at radius 2 is 2.00 bits per heavy atom. The molecule has 1 fully saturated rings. The predicted octanol–water partition coefficient (Wildman–Crippen LogP) is 2.96. The van der Waals surface area contributed by atoms with Crippen molar-refractivity contribution >= 4 is 27.8 Å². The average molecular weight is 392 g/mol. The van der Waals surface area contributed by atoms with Gasteiger partial charge in [0.25, 0.3) is 5.91 Å². The van der Waals surface area contributed by atoms with E-state index in [1.165, 1.54) is 6.20 Å². The van der Waals surface area contributed by atoms with Crippen molar-refractivity contribution in [2.24, 2.45) is 5.92 Å². The van der Waals surface area contributed by atoms with Crippen LogP contribution in [-0.4, -0.2) is 44.3 Å². The van der Waals surface area contributed by atoms with Gasteiger partial charge in [0.15, 0.2) is 0 Å². The zero-order chi connectivity index (χ0) is 17.3.